The van der Waals surface area contributed by atoms with E-state index < -0.39 is 26.5 Å². The quantitative estimate of drug-likeness (QED) is 0.615. The number of sulfonamides is 1. The van der Waals surface area contributed by atoms with Crippen LogP contribution < -0.4 is 5.32 Å². The second-order valence-corrected chi connectivity index (χ2v) is 8.20. The lowest BCUT2D eigenvalue weighted by Gasteiger charge is -2.15. The molecule has 0 heterocycles. The van der Waals surface area contributed by atoms with Crippen LogP contribution in [0, 0.1) is 17.0 Å². The van der Waals surface area contributed by atoms with Crippen LogP contribution in [-0.2, 0) is 10.0 Å². The molecule has 0 spiro atoms. The molecule has 0 unspecified atom stereocenters. The van der Waals surface area contributed by atoms with Crippen LogP contribution in [0.2, 0.25) is 5.02 Å². The molecule has 0 saturated heterocycles. The van der Waals surface area contributed by atoms with Gasteiger partial charge in [0, 0.05) is 30.9 Å². The van der Waals surface area contributed by atoms with Gasteiger partial charge in [-0.25, -0.2) is 12.7 Å². The van der Waals surface area contributed by atoms with Crippen molar-refractivity contribution in [2.45, 2.75) is 11.8 Å². The lowest BCUT2D eigenvalue weighted by atomic mass is 10.1. The third-order valence-corrected chi connectivity index (χ3v) is 5.80. The molecule has 0 bridgehead atoms. The number of hydrogen-bond acceptors (Lipinski definition) is 5. The molecular formula is C16H16ClN3O5S. The predicted molar refractivity (Wildman–Crippen MR) is 98.1 cm³/mol. The molecule has 138 valence electrons. The van der Waals surface area contributed by atoms with Crippen LogP contribution in [0.1, 0.15) is 15.9 Å². The number of hydrogen-bond donors (Lipinski definition) is 1. The standard InChI is InChI=1S/C16H16ClN3O5S/c1-10-4-6-12(9-15(10)26(24,25)19(2)3)18-16(21)13-7-5-11(17)8-14(13)20(22)23/h4-9H,1-3H3,(H,18,21). The van der Waals surface area contributed by atoms with Crippen molar-refractivity contribution in [1.29, 1.82) is 0 Å². The van der Waals surface area contributed by atoms with Crippen molar-refractivity contribution in [3.05, 3.63) is 62.7 Å². The first-order valence-electron chi connectivity index (χ1n) is 7.32. The lowest BCUT2D eigenvalue weighted by Crippen LogP contribution is -2.23. The van der Waals surface area contributed by atoms with Crippen LogP contribution in [0.25, 0.3) is 0 Å². The minimum absolute atomic E-state index is 0.0332. The Kier molecular flexibility index (Phi) is 5.65. The fourth-order valence-corrected chi connectivity index (χ4v) is 3.51. The topological polar surface area (TPSA) is 110 Å². The van der Waals surface area contributed by atoms with Gasteiger partial charge in [-0.05, 0) is 36.8 Å². The summed E-state index contributed by atoms with van der Waals surface area (Å²) < 4.78 is 25.8. The van der Waals surface area contributed by atoms with Crippen molar-refractivity contribution in [1.82, 2.24) is 4.31 Å². The molecule has 8 nitrogen and oxygen atoms in total. The molecule has 0 radical (unpaired) electrons. The number of nitro groups is 1. The van der Waals surface area contributed by atoms with E-state index in [1.54, 1.807) is 13.0 Å². The van der Waals surface area contributed by atoms with Gasteiger partial charge < -0.3 is 5.32 Å². The van der Waals surface area contributed by atoms with Gasteiger partial charge in [-0.3, -0.25) is 14.9 Å². The third-order valence-electron chi connectivity index (χ3n) is 3.61. The summed E-state index contributed by atoms with van der Waals surface area (Å²) in [5, 5.41) is 13.7. The number of aryl methyl sites for hydroxylation is 1. The number of carbonyl (C=O) groups excluding carboxylic acids is 1. The van der Waals surface area contributed by atoms with E-state index in [0.29, 0.717) is 5.56 Å². The first kappa shape index (κ1) is 19.8. The third kappa shape index (κ3) is 4.01. The lowest BCUT2D eigenvalue weighted by molar-refractivity contribution is -0.385. The molecule has 2 rings (SSSR count). The molecule has 26 heavy (non-hydrogen) atoms. The van der Waals surface area contributed by atoms with E-state index in [-0.39, 0.29) is 21.2 Å². The van der Waals surface area contributed by atoms with Gasteiger partial charge in [-0.1, -0.05) is 17.7 Å². The molecule has 1 N–H and O–H groups in total. The van der Waals surface area contributed by atoms with E-state index in [9.17, 15) is 23.3 Å². The molecule has 0 aliphatic rings. The number of rotatable bonds is 5. The SMILES string of the molecule is Cc1ccc(NC(=O)c2ccc(Cl)cc2[N+](=O)[O-])cc1S(=O)(=O)N(C)C. The summed E-state index contributed by atoms with van der Waals surface area (Å²) in [5.41, 5.74) is 0.0830. The number of benzene rings is 2. The normalized spacial score (nSPS) is 11.4. The molecular weight excluding hydrogens is 382 g/mol. The Balaban J connectivity index is 2.42. The largest absolute Gasteiger partial charge is 0.322 e. The van der Waals surface area contributed by atoms with Gasteiger partial charge in [0.2, 0.25) is 10.0 Å². The number of amides is 1. The number of halogens is 1. The Morgan fingerprint density at radius 2 is 1.85 bits per heavy atom. The highest BCUT2D eigenvalue weighted by Gasteiger charge is 2.23. The Bertz CT molecular complexity index is 989. The Hall–Kier alpha value is -2.49. The van der Waals surface area contributed by atoms with Crippen LogP contribution in [-0.4, -0.2) is 37.6 Å². The minimum atomic E-state index is -3.70. The van der Waals surface area contributed by atoms with Crippen molar-refractivity contribution < 1.29 is 18.1 Å². The molecule has 10 heteroatoms. The molecule has 2 aromatic rings. The van der Waals surface area contributed by atoms with E-state index in [2.05, 4.69) is 5.32 Å². The summed E-state index contributed by atoms with van der Waals surface area (Å²) >= 11 is 5.74. The van der Waals surface area contributed by atoms with Gasteiger partial charge in [0.15, 0.2) is 0 Å². The molecule has 0 aliphatic carbocycles. The zero-order valence-electron chi connectivity index (χ0n) is 14.2. The average Bonchev–Trinajstić information content (AvgIpc) is 2.55. The van der Waals surface area contributed by atoms with E-state index in [1.165, 1.54) is 38.4 Å². The summed E-state index contributed by atoms with van der Waals surface area (Å²) in [7, 11) is -0.902. The fourth-order valence-electron chi connectivity index (χ4n) is 2.20. The summed E-state index contributed by atoms with van der Waals surface area (Å²) in [4.78, 5) is 22.9. The van der Waals surface area contributed by atoms with Gasteiger partial charge in [0.05, 0.1) is 9.82 Å². The van der Waals surface area contributed by atoms with Gasteiger partial charge >= 0.3 is 0 Å². The highest BCUT2D eigenvalue weighted by atomic mass is 35.5. The van der Waals surface area contributed by atoms with E-state index >= 15 is 0 Å². The maximum Gasteiger partial charge on any atom is 0.283 e. The Labute approximate surface area is 155 Å². The van der Waals surface area contributed by atoms with Crippen LogP contribution in [0.15, 0.2) is 41.3 Å². The molecule has 0 atom stereocenters. The molecule has 0 aliphatic heterocycles. The van der Waals surface area contributed by atoms with Gasteiger partial charge in [0.25, 0.3) is 11.6 Å². The highest BCUT2D eigenvalue weighted by Crippen LogP contribution is 2.26. The van der Waals surface area contributed by atoms with E-state index in [0.717, 1.165) is 10.4 Å². The summed E-state index contributed by atoms with van der Waals surface area (Å²) in [6.45, 7) is 1.63. The van der Waals surface area contributed by atoms with Crippen molar-refractivity contribution in [2.24, 2.45) is 0 Å². The summed E-state index contributed by atoms with van der Waals surface area (Å²) in [6.07, 6.45) is 0. The number of carbonyl (C=O) groups is 1. The van der Waals surface area contributed by atoms with Crippen LogP contribution in [0.4, 0.5) is 11.4 Å². The summed E-state index contributed by atoms with van der Waals surface area (Å²) in [5.74, 6) is -0.745. The first-order chi connectivity index (χ1) is 12.0. The van der Waals surface area contributed by atoms with E-state index in [1.807, 2.05) is 0 Å². The van der Waals surface area contributed by atoms with Gasteiger partial charge in [-0.15, -0.1) is 0 Å². The van der Waals surface area contributed by atoms with Gasteiger partial charge in [-0.2, -0.15) is 0 Å². The Morgan fingerprint density at radius 1 is 1.19 bits per heavy atom. The molecule has 0 fully saturated rings. The smallest absolute Gasteiger partial charge is 0.283 e. The first-order valence-corrected chi connectivity index (χ1v) is 9.14. The monoisotopic (exact) mass is 397 g/mol. The van der Waals surface area contributed by atoms with Crippen molar-refractivity contribution >= 4 is 38.9 Å². The molecule has 2 aromatic carbocycles. The maximum atomic E-state index is 12.4. The van der Waals surface area contributed by atoms with E-state index in [4.69, 9.17) is 11.6 Å². The summed E-state index contributed by atoms with van der Waals surface area (Å²) in [6, 6.07) is 8.05. The van der Waals surface area contributed by atoms with Crippen molar-refractivity contribution in [3.63, 3.8) is 0 Å². The number of anilines is 1. The van der Waals surface area contributed by atoms with Crippen LogP contribution in [0.3, 0.4) is 0 Å². The molecule has 0 aromatic heterocycles. The zero-order valence-corrected chi connectivity index (χ0v) is 15.8. The van der Waals surface area contributed by atoms with Crippen molar-refractivity contribution in [3.8, 4) is 0 Å². The second kappa shape index (κ2) is 7.40. The zero-order chi connectivity index (χ0) is 19.6. The molecule has 0 saturated carbocycles. The fraction of sp³-hybridized carbons (Fsp3) is 0.188. The van der Waals surface area contributed by atoms with Crippen molar-refractivity contribution in [2.75, 3.05) is 19.4 Å². The Morgan fingerprint density at radius 3 is 2.42 bits per heavy atom. The predicted octanol–water partition coefficient (Wildman–Crippen LogP) is 3.06. The number of nitrogens with zero attached hydrogens (tertiary/aromatic N) is 2. The van der Waals surface area contributed by atoms with Gasteiger partial charge in [0.1, 0.15) is 5.56 Å². The molecule has 1 amide bonds. The number of nitro benzene ring substituents is 1. The average molecular weight is 398 g/mol. The van der Waals surface area contributed by atoms with Crippen LogP contribution in [0.5, 0.6) is 0 Å². The number of nitrogens with one attached hydrogen (secondary N) is 1. The minimum Gasteiger partial charge on any atom is -0.322 e. The highest BCUT2D eigenvalue weighted by molar-refractivity contribution is 7.89. The maximum absolute atomic E-state index is 12.4. The second-order valence-electron chi connectivity index (χ2n) is 5.64. The van der Waals surface area contributed by atoms with Crippen LogP contribution >= 0.6 is 11.6 Å².